The number of halogens is 1. The Morgan fingerprint density at radius 1 is 1.08 bits per heavy atom. The summed E-state index contributed by atoms with van der Waals surface area (Å²) in [6.07, 6.45) is 3.39. The lowest BCUT2D eigenvalue weighted by Crippen LogP contribution is -2.47. The zero-order chi connectivity index (χ0) is 17.5. The Kier molecular flexibility index (Phi) is 6.31. The van der Waals surface area contributed by atoms with Crippen molar-refractivity contribution in [2.45, 2.75) is 25.3 Å². The van der Waals surface area contributed by atoms with Gasteiger partial charge in [0.05, 0.1) is 0 Å². The summed E-state index contributed by atoms with van der Waals surface area (Å²) in [6, 6.07) is 17.9. The number of nitrogens with one attached hydrogen (secondary N) is 3. The van der Waals surface area contributed by atoms with Gasteiger partial charge in [-0.05, 0) is 61.6 Å². The molecule has 0 aromatic heterocycles. The monoisotopic (exact) mass is 357 g/mol. The maximum Gasteiger partial charge on any atom is 0.319 e. The molecule has 3 N–H and O–H groups in total. The van der Waals surface area contributed by atoms with Crippen LogP contribution in [0.1, 0.15) is 18.4 Å². The first kappa shape index (κ1) is 17.8. The van der Waals surface area contributed by atoms with Crippen LogP contribution in [0.2, 0.25) is 5.02 Å². The molecule has 5 heteroatoms. The number of rotatable bonds is 5. The van der Waals surface area contributed by atoms with Gasteiger partial charge in [-0.15, -0.1) is 0 Å². The second kappa shape index (κ2) is 8.88. The predicted octanol–water partition coefficient (Wildman–Crippen LogP) is 4.07. The molecule has 0 spiro atoms. The van der Waals surface area contributed by atoms with Crippen molar-refractivity contribution < 1.29 is 4.79 Å². The van der Waals surface area contributed by atoms with E-state index in [1.54, 1.807) is 24.3 Å². The first-order chi connectivity index (χ1) is 12.2. The van der Waals surface area contributed by atoms with E-state index in [1.165, 1.54) is 12.0 Å². The number of urea groups is 1. The van der Waals surface area contributed by atoms with Crippen LogP contribution in [0.4, 0.5) is 10.5 Å². The zero-order valence-corrected chi connectivity index (χ0v) is 14.9. The average molecular weight is 358 g/mol. The van der Waals surface area contributed by atoms with Crippen LogP contribution in [0.5, 0.6) is 0 Å². The summed E-state index contributed by atoms with van der Waals surface area (Å²) in [4.78, 5) is 12.0. The van der Waals surface area contributed by atoms with Crippen molar-refractivity contribution in [3.63, 3.8) is 0 Å². The van der Waals surface area contributed by atoms with E-state index in [0.29, 0.717) is 23.5 Å². The van der Waals surface area contributed by atoms with Gasteiger partial charge in [-0.2, -0.15) is 0 Å². The summed E-state index contributed by atoms with van der Waals surface area (Å²) in [5.74, 6) is 0.668. The fraction of sp³-hybridized carbons (Fsp3) is 0.350. The Bertz CT molecular complexity index is 667. The molecule has 0 bridgehead atoms. The molecule has 0 saturated carbocycles. The third kappa shape index (κ3) is 5.76. The number of carbonyl (C=O) groups is 1. The maximum absolute atomic E-state index is 12.0. The van der Waals surface area contributed by atoms with Gasteiger partial charge < -0.3 is 16.0 Å². The molecule has 2 amide bonds. The quantitative estimate of drug-likeness (QED) is 0.755. The highest BCUT2D eigenvalue weighted by Gasteiger charge is 2.21. The smallest absolute Gasteiger partial charge is 0.319 e. The summed E-state index contributed by atoms with van der Waals surface area (Å²) < 4.78 is 0. The number of benzene rings is 2. The molecule has 2 aromatic carbocycles. The van der Waals surface area contributed by atoms with Crippen molar-refractivity contribution in [1.82, 2.24) is 10.6 Å². The fourth-order valence-corrected chi connectivity index (χ4v) is 3.32. The van der Waals surface area contributed by atoms with Crippen LogP contribution in [0, 0.1) is 5.92 Å². The Morgan fingerprint density at radius 2 is 1.84 bits per heavy atom. The number of anilines is 1. The molecular weight excluding hydrogens is 334 g/mol. The molecule has 1 aliphatic rings. The summed E-state index contributed by atoms with van der Waals surface area (Å²) in [5.41, 5.74) is 2.13. The Balaban J connectivity index is 1.36. The first-order valence-electron chi connectivity index (χ1n) is 8.77. The molecule has 0 aliphatic carbocycles. The fourth-order valence-electron chi connectivity index (χ4n) is 3.19. The molecule has 25 heavy (non-hydrogen) atoms. The van der Waals surface area contributed by atoms with Gasteiger partial charge in [-0.3, -0.25) is 0 Å². The van der Waals surface area contributed by atoms with E-state index < -0.39 is 0 Å². The minimum absolute atomic E-state index is 0.185. The van der Waals surface area contributed by atoms with Gasteiger partial charge >= 0.3 is 6.03 Å². The van der Waals surface area contributed by atoms with Crippen LogP contribution in [-0.4, -0.2) is 25.2 Å². The Labute approximate surface area is 154 Å². The van der Waals surface area contributed by atoms with Gasteiger partial charge in [-0.25, -0.2) is 4.79 Å². The lowest BCUT2D eigenvalue weighted by molar-refractivity contribution is 0.247. The van der Waals surface area contributed by atoms with Gasteiger partial charge in [0.1, 0.15) is 0 Å². The number of piperidine rings is 1. The van der Waals surface area contributed by atoms with Crippen molar-refractivity contribution in [1.29, 1.82) is 0 Å². The topological polar surface area (TPSA) is 53.2 Å². The second-order valence-corrected chi connectivity index (χ2v) is 7.02. The van der Waals surface area contributed by atoms with Crippen LogP contribution in [0.25, 0.3) is 0 Å². The molecule has 1 aliphatic heterocycles. The first-order valence-corrected chi connectivity index (χ1v) is 9.14. The van der Waals surface area contributed by atoms with E-state index >= 15 is 0 Å². The van der Waals surface area contributed by atoms with Gasteiger partial charge in [0.2, 0.25) is 0 Å². The van der Waals surface area contributed by atoms with Crippen LogP contribution in [0.3, 0.4) is 0 Å². The molecule has 2 aromatic rings. The minimum Gasteiger partial charge on any atom is -0.336 e. The lowest BCUT2D eigenvalue weighted by Gasteiger charge is -2.30. The van der Waals surface area contributed by atoms with E-state index in [1.807, 2.05) is 0 Å². The molecule has 1 heterocycles. The summed E-state index contributed by atoms with van der Waals surface area (Å²) in [6.45, 7) is 1.64. The third-order valence-electron chi connectivity index (χ3n) is 4.60. The standard InChI is InChI=1S/C20H24ClN3O/c21-17-7-10-18(11-8-17)24-20(25)23-14-19-9-6-16(13-22-19)12-15-4-2-1-3-5-15/h1-5,7-8,10-11,16,19,22H,6,9,12-14H2,(H2,23,24,25)/t16-,19-/m1/s1. The number of hydrogen-bond acceptors (Lipinski definition) is 2. The molecule has 132 valence electrons. The Morgan fingerprint density at radius 3 is 2.52 bits per heavy atom. The number of hydrogen-bond donors (Lipinski definition) is 3. The predicted molar refractivity (Wildman–Crippen MR) is 103 cm³/mol. The average Bonchev–Trinajstić information content (AvgIpc) is 2.64. The third-order valence-corrected chi connectivity index (χ3v) is 4.85. The maximum atomic E-state index is 12.0. The van der Waals surface area contributed by atoms with Gasteiger partial charge in [0.15, 0.2) is 0 Å². The normalized spacial score (nSPS) is 20.0. The summed E-state index contributed by atoms with van der Waals surface area (Å²) >= 11 is 5.84. The van der Waals surface area contributed by atoms with Crippen LogP contribution < -0.4 is 16.0 Å². The molecule has 3 rings (SSSR count). The van der Waals surface area contributed by atoms with Crippen molar-refractivity contribution >= 4 is 23.3 Å². The molecule has 2 atom stereocenters. The van der Waals surface area contributed by atoms with Crippen molar-refractivity contribution in [2.24, 2.45) is 5.92 Å². The highest BCUT2D eigenvalue weighted by molar-refractivity contribution is 6.30. The molecular formula is C20H24ClN3O. The van der Waals surface area contributed by atoms with Gasteiger partial charge in [0, 0.05) is 23.3 Å². The lowest BCUT2D eigenvalue weighted by atomic mass is 9.89. The van der Waals surface area contributed by atoms with Crippen molar-refractivity contribution in [3.8, 4) is 0 Å². The highest BCUT2D eigenvalue weighted by Crippen LogP contribution is 2.19. The van der Waals surface area contributed by atoms with E-state index in [4.69, 9.17) is 11.6 Å². The van der Waals surface area contributed by atoms with E-state index in [2.05, 4.69) is 46.3 Å². The van der Waals surface area contributed by atoms with Crippen molar-refractivity contribution in [3.05, 3.63) is 65.2 Å². The van der Waals surface area contributed by atoms with Crippen LogP contribution in [0.15, 0.2) is 54.6 Å². The summed E-state index contributed by atoms with van der Waals surface area (Å²) in [7, 11) is 0. The molecule has 1 fully saturated rings. The van der Waals surface area contributed by atoms with Crippen LogP contribution in [-0.2, 0) is 6.42 Å². The van der Waals surface area contributed by atoms with E-state index in [0.717, 1.165) is 25.1 Å². The molecule has 1 saturated heterocycles. The molecule has 0 unspecified atom stereocenters. The van der Waals surface area contributed by atoms with Crippen molar-refractivity contribution in [2.75, 3.05) is 18.4 Å². The highest BCUT2D eigenvalue weighted by atomic mass is 35.5. The second-order valence-electron chi connectivity index (χ2n) is 6.58. The van der Waals surface area contributed by atoms with Crippen LogP contribution >= 0.6 is 11.6 Å². The SMILES string of the molecule is O=C(NC[C@H]1CC[C@H](Cc2ccccc2)CN1)Nc1ccc(Cl)cc1. The Hall–Kier alpha value is -2.04. The minimum atomic E-state index is -0.185. The number of amides is 2. The van der Waals surface area contributed by atoms with Gasteiger partial charge in [-0.1, -0.05) is 41.9 Å². The number of carbonyl (C=O) groups excluding carboxylic acids is 1. The molecule has 4 nitrogen and oxygen atoms in total. The summed E-state index contributed by atoms with van der Waals surface area (Å²) in [5, 5.41) is 9.96. The van der Waals surface area contributed by atoms with E-state index in [9.17, 15) is 4.79 Å². The van der Waals surface area contributed by atoms with E-state index in [-0.39, 0.29) is 6.03 Å². The zero-order valence-electron chi connectivity index (χ0n) is 14.2. The largest absolute Gasteiger partial charge is 0.336 e. The van der Waals surface area contributed by atoms with Gasteiger partial charge in [0.25, 0.3) is 0 Å². The molecule has 0 radical (unpaired) electrons.